The summed E-state index contributed by atoms with van der Waals surface area (Å²) in [7, 11) is 0. The van der Waals surface area contributed by atoms with Crippen molar-refractivity contribution >= 4 is 111 Å². The van der Waals surface area contributed by atoms with Crippen molar-refractivity contribution in [2.45, 2.75) is 216 Å². The fourth-order valence-electron chi connectivity index (χ4n) is 11.9. The number of carbonyl (C=O) groups excluding carboxylic acids is 12. The molecule has 12 amide bonds. The molecule has 0 saturated carbocycles. The summed E-state index contributed by atoms with van der Waals surface area (Å²) in [5.41, 5.74) is 9.96. The summed E-state index contributed by atoms with van der Waals surface area (Å²) >= 11 is 2.67. The highest BCUT2D eigenvalue weighted by Crippen LogP contribution is 2.26. The van der Waals surface area contributed by atoms with E-state index in [0.29, 0.717) is 51.4 Å². The number of aliphatic hydroxyl groups excluding tert-OH is 2. The van der Waals surface area contributed by atoms with E-state index in [-0.39, 0.29) is 62.3 Å². The van der Waals surface area contributed by atoms with Crippen LogP contribution in [0.3, 0.4) is 0 Å². The van der Waals surface area contributed by atoms with Crippen LogP contribution in [0.25, 0.3) is 11.0 Å². The first-order chi connectivity index (χ1) is 52.7. The second-order valence-electron chi connectivity index (χ2n) is 30.0. The van der Waals surface area contributed by atoms with Gasteiger partial charge in [0.15, 0.2) is 0 Å². The van der Waals surface area contributed by atoms with Gasteiger partial charge in [0.2, 0.25) is 70.9 Å². The molecule has 2 bridgehead atoms. The normalized spacial score (nSPS) is 24.2. The van der Waals surface area contributed by atoms with Crippen LogP contribution in [0.1, 0.15) is 136 Å². The average Bonchev–Trinajstić information content (AvgIpc) is 1.04. The number of unbranched alkanes of at least 4 members (excludes halogenated alkanes) is 1. The highest BCUT2D eigenvalue weighted by atomic mass is 32.2. The molecule has 12 atom stereocenters. The number of H-pyrrole nitrogens is 1. The molecule has 1 aliphatic heterocycles. The highest BCUT2D eigenvalue weighted by Gasteiger charge is 2.45. The zero-order valence-electron chi connectivity index (χ0n) is 64.5. The molecule has 2 aromatic heterocycles. The van der Waals surface area contributed by atoms with E-state index in [1.54, 1.807) is 46.8 Å². The Hall–Kier alpha value is -10.4. The second kappa shape index (κ2) is 41.8. The van der Waals surface area contributed by atoms with Crippen LogP contribution in [-0.2, 0) is 93.1 Å². The number of nitrogens with zero attached hydrogens (tertiary/aromatic N) is 1. The predicted molar refractivity (Wildman–Crippen MR) is 420 cm³/mol. The maximum absolute atomic E-state index is 15.0. The molecule has 0 fully saturated rings. The molecular formula is C77H107N15O18S2. The van der Waals surface area contributed by atoms with E-state index in [0.717, 1.165) is 11.1 Å². The number of nitrogens with two attached hydrogens (primary N) is 2. The van der Waals surface area contributed by atoms with Crippen LogP contribution >= 0.6 is 23.5 Å². The van der Waals surface area contributed by atoms with E-state index in [1.807, 2.05) is 24.3 Å². The van der Waals surface area contributed by atoms with Gasteiger partial charge in [-0.3, -0.25) is 62.3 Å². The van der Waals surface area contributed by atoms with Crippen LogP contribution in [0.15, 0.2) is 97.3 Å². The quantitative estimate of drug-likeness (QED) is 0.0568. The number of phenolic OH excluding ortho intramolecular Hbond substituents is 2. The topological polar surface area (TPSA) is 536 Å². The van der Waals surface area contributed by atoms with E-state index in [4.69, 9.17) is 11.5 Å². The molecule has 33 nitrogen and oxygen atoms in total. The number of primary amides is 1. The fourth-order valence-corrected chi connectivity index (χ4v) is 13.8. The third-order valence-electron chi connectivity index (χ3n) is 19.0. The number of fused-ring (bicyclic) bond motifs is 3. The molecule has 0 aliphatic carbocycles. The maximum Gasteiger partial charge on any atom is 0.303 e. The molecular weight excluding hydrogens is 1490 g/mol. The first kappa shape index (κ1) is 90.5. The minimum Gasteiger partial charge on any atom is -0.508 e. The van der Waals surface area contributed by atoms with Crippen LogP contribution in [0, 0.1) is 11.3 Å². The highest BCUT2D eigenvalue weighted by molar-refractivity contribution is 7.98. The summed E-state index contributed by atoms with van der Waals surface area (Å²) < 4.78 is 0. The van der Waals surface area contributed by atoms with Crippen LogP contribution in [0.4, 0.5) is 0 Å². The number of aromatic nitrogens is 2. The number of carboxylic acid groups (broad SMARTS) is 1. The van der Waals surface area contributed by atoms with Gasteiger partial charge in [0.05, 0.1) is 12.2 Å². The number of pyridine rings is 1. The molecule has 5 aromatic rings. The lowest BCUT2D eigenvalue weighted by Crippen LogP contribution is -2.67. The lowest BCUT2D eigenvalue weighted by atomic mass is 9.85. The van der Waals surface area contributed by atoms with Crippen molar-refractivity contribution in [2.75, 3.05) is 18.1 Å². The second-order valence-corrected chi connectivity index (χ2v) is 32.1. The number of thioether (sulfide) groups is 2. The van der Waals surface area contributed by atoms with Crippen LogP contribution in [0.5, 0.6) is 11.5 Å². The largest absolute Gasteiger partial charge is 0.508 e. The fraction of sp³-hybridized carbons (Fsp3) is 0.506. The monoisotopic (exact) mass is 1590 g/mol. The molecule has 35 heteroatoms. The number of hydrogen-bond acceptors (Lipinski definition) is 21. The first-order valence-corrected chi connectivity index (χ1v) is 39.2. The number of aliphatic carboxylic acids is 1. The van der Waals surface area contributed by atoms with Gasteiger partial charge >= 0.3 is 5.97 Å². The molecule has 6 rings (SSSR count). The zero-order valence-corrected chi connectivity index (χ0v) is 66.2. The third-order valence-corrected chi connectivity index (χ3v) is 21.1. The summed E-state index contributed by atoms with van der Waals surface area (Å²) in [6, 6.07) is 7.71. The predicted octanol–water partition coefficient (Wildman–Crippen LogP) is 0.648. The maximum atomic E-state index is 15.0. The molecule has 610 valence electrons. The smallest absolute Gasteiger partial charge is 0.303 e. The average molecular weight is 1590 g/mol. The molecule has 0 saturated heterocycles. The van der Waals surface area contributed by atoms with Gasteiger partial charge < -0.3 is 100 Å². The number of amides is 12. The van der Waals surface area contributed by atoms with Gasteiger partial charge in [0, 0.05) is 72.9 Å². The number of carboxylic acids is 1. The lowest BCUT2D eigenvalue weighted by Gasteiger charge is -2.36. The van der Waals surface area contributed by atoms with Gasteiger partial charge in [-0.15, -0.1) is 0 Å². The number of rotatable bonds is 17. The number of aromatic amines is 1. The minimum atomic E-state index is -2.08. The molecule has 3 heterocycles. The van der Waals surface area contributed by atoms with Gasteiger partial charge in [0.25, 0.3) is 0 Å². The molecule has 21 N–H and O–H groups in total. The Morgan fingerprint density at radius 3 is 1.67 bits per heavy atom. The van der Waals surface area contributed by atoms with Gasteiger partial charge in [-0.1, -0.05) is 83.1 Å². The van der Waals surface area contributed by atoms with Crippen LogP contribution < -0.4 is 70.0 Å². The Bertz CT molecular complexity index is 4140. The van der Waals surface area contributed by atoms with E-state index >= 15 is 0 Å². The van der Waals surface area contributed by atoms with Crippen molar-refractivity contribution in [1.82, 2.24) is 68.5 Å². The van der Waals surface area contributed by atoms with Crippen molar-refractivity contribution < 1.29 is 87.9 Å². The summed E-state index contributed by atoms with van der Waals surface area (Å²) in [5, 5.41) is 82.0. The van der Waals surface area contributed by atoms with Crippen molar-refractivity contribution in [2.24, 2.45) is 22.8 Å². The van der Waals surface area contributed by atoms with Crippen molar-refractivity contribution in [3.8, 4) is 11.5 Å². The number of carbonyl (C=O) groups is 13. The zero-order chi connectivity index (χ0) is 82.9. The number of phenols is 2. The number of hydrogen-bond donors (Lipinski definition) is 19. The van der Waals surface area contributed by atoms with Crippen molar-refractivity contribution in [3.05, 3.63) is 125 Å². The Balaban J connectivity index is 1.39. The van der Waals surface area contributed by atoms with Gasteiger partial charge in [-0.05, 0) is 142 Å². The minimum absolute atomic E-state index is 0.0357. The first-order valence-electron chi connectivity index (χ1n) is 36.8. The molecule has 0 unspecified atom stereocenters. The lowest BCUT2D eigenvalue weighted by molar-refractivity contribution is -0.141. The van der Waals surface area contributed by atoms with Gasteiger partial charge in [-0.25, -0.2) is 4.98 Å². The van der Waals surface area contributed by atoms with E-state index in [1.165, 1.54) is 119 Å². The van der Waals surface area contributed by atoms with E-state index in [9.17, 15) is 87.9 Å². The number of benzene rings is 3. The molecule has 0 radical (unpaired) electrons. The third kappa shape index (κ3) is 27.2. The van der Waals surface area contributed by atoms with Crippen LogP contribution in [-0.4, -0.2) is 208 Å². The van der Waals surface area contributed by atoms with Crippen molar-refractivity contribution in [3.63, 3.8) is 0 Å². The summed E-state index contributed by atoms with van der Waals surface area (Å²) in [6.45, 7) is 14.6. The molecule has 0 spiro atoms. The Morgan fingerprint density at radius 1 is 0.580 bits per heavy atom. The Labute approximate surface area is 658 Å². The SMILES string of the molecule is CC(C)[C@]1(C)NC(=O)[C@H](Cc2ccc(O)cc2)NC(=O)[C@H](CCC(=O)O)NC(=O)C(C)(C)NC(=O)[C@H](Cc2c[nH]c3ncccc23)NC(=O)[C@H]([C@@H](C)O)NC(=O)[C@H](CCCCN)NC(=O)[C@H](Cc2ccc(O)cc2)NC(=O)[C@H](C(C)(C)C)NC(=O)CCSCc2cccc(c2)CSC[C@H](C(N)=O)NC(=O)[C@H]([C@@H](C)O)NC1=O. The Morgan fingerprint density at radius 2 is 1.10 bits per heavy atom. The Kier molecular flexibility index (Phi) is 33.8. The van der Waals surface area contributed by atoms with Gasteiger partial charge in [-0.2, -0.15) is 23.5 Å². The summed E-state index contributed by atoms with van der Waals surface area (Å²) in [6.07, 6.45) is -2.12. The van der Waals surface area contributed by atoms with E-state index < -0.39 is 179 Å². The van der Waals surface area contributed by atoms with E-state index in [2.05, 4.69) is 68.5 Å². The summed E-state index contributed by atoms with van der Waals surface area (Å²) in [5.74, 6) is -13.0. The molecule has 3 aromatic carbocycles. The number of aliphatic hydroxyl groups is 2. The molecule has 112 heavy (non-hydrogen) atoms. The van der Waals surface area contributed by atoms with Gasteiger partial charge in [0.1, 0.15) is 82.6 Å². The standard InChI is InChI=1S/C77H107N15O18S2/c1-41(2)77(10)74(110)90-61(43(4)94)71(107)86-57(63(79)100)40-112-39-47-16-13-15-46(33-47)38-111-32-29-58(97)88-62(75(5,6)7)72(108)85-54(34-44-19-23-49(95)24-20-44)67(103)82-52(18-11-12-30-78)66(102)89-60(42(3)93)70(106)84-56(36-48-37-81-64-51(48)17-14-31-80-64)68(104)91-76(8,9)73(109)87-53(27-28-59(98)99)65(101)83-55(69(105)92-77)35-45-21-25-50(96)26-22-45/h13-17,19-26,31,33,37,41-43,52-57,60-62,93-96H,11-12,18,27-30,32,34-36,38-40,78H2,1-10H3,(H2,79,100)(H,80,81)(H,82,103)(H,83,101)(H,84,106)(H,85,108)(H,86,107)(H,87,109)(H,88,97)(H,89,102)(H,90,110)(H,91,104)(H,92,105)(H,98,99)/t42-,43-,52+,53+,54+,55+,56+,57-,60+,61+,62-,77+/m1/s1. The summed E-state index contributed by atoms with van der Waals surface area (Å²) in [4.78, 5) is 193. The molecule has 1 aliphatic rings. The number of aromatic hydroxyl groups is 2. The van der Waals surface area contributed by atoms with Crippen LogP contribution in [0.2, 0.25) is 0 Å². The number of nitrogens with one attached hydrogen (secondary N) is 12. The van der Waals surface area contributed by atoms with Crippen molar-refractivity contribution in [1.29, 1.82) is 0 Å².